The van der Waals surface area contributed by atoms with E-state index in [1.807, 2.05) is 0 Å². The Bertz CT molecular complexity index is 913. The summed E-state index contributed by atoms with van der Waals surface area (Å²) < 4.78 is 53.7. The largest absolute Gasteiger partial charge is 0.454 e. The molecule has 0 N–H and O–H groups in total. The van der Waals surface area contributed by atoms with Crippen molar-refractivity contribution < 1.29 is 37.0 Å². The van der Waals surface area contributed by atoms with Crippen molar-refractivity contribution >= 4 is 11.9 Å². The molecular weight excluding hydrogens is 391 g/mol. The molecule has 0 aliphatic carbocycles. The van der Waals surface area contributed by atoms with Crippen molar-refractivity contribution in [2.45, 2.75) is 19.6 Å². The van der Waals surface area contributed by atoms with Gasteiger partial charge in [-0.3, -0.25) is 4.79 Å². The van der Waals surface area contributed by atoms with E-state index in [0.717, 1.165) is 17.7 Å². The molecule has 0 saturated heterocycles. The lowest BCUT2D eigenvalue weighted by molar-refractivity contribution is -0.138. The molecule has 0 fully saturated rings. The predicted molar refractivity (Wildman–Crippen MR) is 95.4 cm³/mol. The fraction of sp³-hybridized carbons (Fsp3) is 0.300. The second kappa shape index (κ2) is 8.42. The maximum Gasteiger partial charge on any atom is 0.416 e. The van der Waals surface area contributed by atoms with Crippen molar-refractivity contribution in [1.82, 2.24) is 4.90 Å². The third kappa shape index (κ3) is 4.98. The highest BCUT2D eigenvalue weighted by atomic mass is 19.4. The van der Waals surface area contributed by atoms with Gasteiger partial charge in [0.2, 0.25) is 6.79 Å². The van der Waals surface area contributed by atoms with Crippen molar-refractivity contribution in [3.05, 3.63) is 59.2 Å². The first kappa shape index (κ1) is 20.5. The number of hydrogen-bond donors (Lipinski definition) is 0. The van der Waals surface area contributed by atoms with Gasteiger partial charge in [0.05, 0.1) is 11.1 Å². The van der Waals surface area contributed by atoms with Crippen LogP contribution in [0.3, 0.4) is 0 Å². The van der Waals surface area contributed by atoms with Crippen LogP contribution in [0.2, 0.25) is 0 Å². The monoisotopic (exact) mass is 409 g/mol. The summed E-state index contributed by atoms with van der Waals surface area (Å²) in [5.41, 5.74) is -0.434. The highest BCUT2D eigenvalue weighted by Crippen LogP contribution is 2.33. The number of esters is 1. The van der Waals surface area contributed by atoms with Crippen LogP contribution in [0.5, 0.6) is 11.5 Å². The first-order valence-electron chi connectivity index (χ1n) is 8.78. The van der Waals surface area contributed by atoms with Crippen molar-refractivity contribution in [2.24, 2.45) is 0 Å². The third-order valence-corrected chi connectivity index (χ3v) is 4.30. The normalized spacial score (nSPS) is 12.6. The summed E-state index contributed by atoms with van der Waals surface area (Å²) in [5.74, 6) is -0.255. The average molecular weight is 409 g/mol. The van der Waals surface area contributed by atoms with E-state index in [9.17, 15) is 22.8 Å². The first-order valence-corrected chi connectivity index (χ1v) is 8.78. The van der Waals surface area contributed by atoms with E-state index >= 15 is 0 Å². The number of rotatable bonds is 6. The average Bonchev–Trinajstić information content (AvgIpc) is 3.17. The molecule has 154 valence electrons. The van der Waals surface area contributed by atoms with Crippen LogP contribution in [0, 0.1) is 0 Å². The molecule has 0 unspecified atom stereocenters. The molecule has 0 saturated carbocycles. The number of alkyl halides is 3. The summed E-state index contributed by atoms with van der Waals surface area (Å²) in [6.45, 7) is 1.94. The molecule has 6 nitrogen and oxygen atoms in total. The zero-order valence-electron chi connectivity index (χ0n) is 15.5. The summed E-state index contributed by atoms with van der Waals surface area (Å²) in [6.07, 6.45) is -4.57. The predicted octanol–water partition coefficient (Wildman–Crippen LogP) is 3.64. The van der Waals surface area contributed by atoms with Gasteiger partial charge in [-0.2, -0.15) is 13.2 Å². The Hall–Kier alpha value is -3.23. The lowest BCUT2D eigenvalue weighted by Gasteiger charge is -2.21. The maximum atomic E-state index is 12.8. The van der Waals surface area contributed by atoms with Gasteiger partial charge in [0, 0.05) is 13.1 Å². The number of benzene rings is 2. The minimum atomic E-state index is -4.57. The van der Waals surface area contributed by atoms with Gasteiger partial charge in [-0.15, -0.1) is 0 Å². The molecule has 0 aromatic heterocycles. The summed E-state index contributed by atoms with van der Waals surface area (Å²) >= 11 is 0. The van der Waals surface area contributed by atoms with Crippen molar-refractivity contribution in [2.75, 3.05) is 19.9 Å². The highest BCUT2D eigenvalue weighted by Gasteiger charge is 2.31. The Morgan fingerprint density at radius 1 is 1.10 bits per heavy atom. The minimum Gasteiger partial charge on any atom is -0.454 e. The van der Waals surface area contributed by atoms with E-state index in [2.05, 4.69) is 0 Å². The molecule has 2 aromatic carbocycles. The first-order chi connectivity index (χ1) is 13.8. The Labute approximate surface area is 164 Å². The van der Waals surface area contributed by atoms with E-state index in [-0.39, 0.29) is 18.9 Å². The molecule has 2 aromatic rings. The third-order valence-electron chi connectivity index (χ3n) is 4.30. The number of amides is 1. The van der Waals surface area contributed by atoms with E-state index in [0.29, 0.717) is 24.1 Å². The molecule has 9 heteroatoms. The van der Waals surface area contributed by atoms with Crippen molar-refractivity contribution in [3.63, 3.8) is 0 Å². The second-order valence-corrected chi connectivity index (χ2v) is 6.25. The molecule has 0 bridgehead atoms. The van der Waals surface area contributed by atoms with Crippen LogP contribution in [0.15, 0.2) is 42.5 Å². The Balaban J connectivity index is 1.59. The van der Waals surface area contributed by atoms with Gasteiger partial charge in [0.25, 0.3) is 5.91 Å². The lowest BCUT2D eigenvalue weighted by Crippen LogP contribution is -2.34. The van der Waals surface area contributed by atoms with Gasteiger partial charge in [-0.05, 0) is 42.8 Å². The summed E-state index contributed by atoms with van der Waals surface area (Å²) in [4.78, 5) is 25.9. The Kier molecular flexibility index (Phi) is 5.95. The van der Waals surface area contributed by atoms with Crippen LogP contribution in [-0.2, 0) is 22.3 Å². The SMILES string of the molecule is CCN(Cc1ccc2c(c1)OCO2)C(=O)COC(=O)c1cccc(C(F)(F)F)c1. The summed E-state index contributed by atoms with van der Waals surface area (Å²) in [5, 5.41) is 0. The molecule has 29 heavy (non-hydrogen) atoms. The number of hydrogen-bond acceptors (Lipinski definition) is 5. The van der Waals surface area contributed by atoms with Gasteiger partial charge in [0.1, 0.15) is 0 Å². The van der Waals surface area contributed by atoms with Crippen LogP contribution < -0.4 is 9.47 Å². The van der Waals surface area contributed by atoms with E-state index in [1.165, 1.54) is 11.0 Å². The Morgan fingerprint density at radius 2 is 1.86 bits per heavy atom. The number of carbonyl (C=O) groups is 2. The fourth-order valence-electron chi connectivity index (χ4n) is 2.76. The van der Waals surface area contributed by atoms with Crippen LogP contribution in [0.4, 0.5) is 13.2 Å². The van der Waals surface area contributed by atoms with Gasteiger partial charge < -0.3 is 19.1 Å². The van der Waals surface area contributed by atoms with Crippen LogP contribution in [0.1, 0.15) is 28.4 Å². The zero-order valence-corrected chi connectivity index (χ0v) is 15.5. The summed E-state index contributed by atoms with van der Waals surface area (Å²) in [7, 11) is 0. The van der Waals surface area contributed by atoms with E-state index < -0.39 is 30.2 Å². The Morgan fingerprint density at radius 3 is 2.59 bits per heavy atom. The smallest absolute Gasteiger partial charge is 0.416 e. The molecule has 1 heterocycles. The topological polar surface area (TPSA) is 65.1 Å². The van der Waals surface area contributed by atoms with E-state index in [4.69, 9.17) is 14.2 Å². The second-order valence-electron chi connectivity index (χ2n) is 6.25. The molecule has 1 amide bonds. The lowest BCUT2D eigenvalue weighted by atomic mass is 10.1. The zero-order chi connectivity index (χ0) is 21.0. The quantitative estimate of drug-likeness (QED) is 0.682. The molecule has 0 spiro atoms. The van der Waals surface area contributed by atoms with Crippen molar-refractivity contribution in [1.29, 1.82) is 0 Å². The number of carbonyl (C=O) groups excluding carboxylic acids is 2. The summed E-state index contributed by atoms with van der Waals surface area (Å²) in [6, 6.07) is 9.14. The van der Waals surface area contributed by atoms with Gasteiger partial charge in [-0.25, -0.2) is 4.79 Å². The van der Waals surface area contributed by atoms with Crippen LogP contribution in [-0.4, -0.2) is 36.7 Å². The molecule has 1 aliphatic heterocycles. The van der Waals surface area contributed by atoms with Crippen LogP contribution >= 0.6 is 0 Å². The number of likely N-dealkylation sites (N-methyl/N-ethyl adjacent to an activating group) is 1. The number of ether oxygens (including phenoxy) is 3. The number of nitrogens with zero attached hydrogens (tertiary/aromatic N) is 1. The molecule has 0 radical (unpaired) electrons. The number of fused-ring (bicyclic) bond motifs is 1. The molecule has 3 rings (SSSR count). The van der Waals surface area contributed by atoms with Gasteiger partial charge in [0.15, 0.2) is 18.1 Å². The van der Waals surface area contributed by atoms with Gasteiger partial charge >= 0.3 is 12.1 Å². The van der Waals surface area contributed by atoms with Gasteiger partial charge in [-0.1, -0.05) is 12.1 Å². The standard InChI is InChI=1S/C20H18F3NO5/c1-2-24(10-13-6-7-16-17(8-13)29-12-28-16)18(25)11-27-19(26)14-4-3-5-15(9-14)20(21,22)23/h3-9H,2,10-12H2,1H3. The molecule has 0 atom stereocenters. The number of halogens is 3. The van der Waals surface area contributed by atoms with Crippen molar-refractivity contribution in [3.8, 4) is 11.5 Å². The highest BCUT2D eigenvalue weighted by molar-refractivity contribution is 5.91. The van der Waals surface area contributed by atoms with E-state index in [1.54, 1.807) is 25.1 Å². The molecule has 1 aliphatic rings. The fourth-order valence-corrected chi connectivity index (χ4v) is 2.76. The minimum absolute atomic E-state index is 0.140. The molecular formula is C20H18F3NO5. The van der Waals surface area contributed by atoms with Crippen LogP contribution in [0.25, 0.3) is 0 Å². The maximum absolute atomic E-state index is 12.8.